The second-order valence-electron chi connectivity index (χ2n) is 13.6. The Bertz CT molecular complexity index is 2310. The number of ketones is 1. The van der Waals surface area contributed by atoms with Crippen molar-refractivity contribution in [3.05, 3.63) is 88.3 Å². The lowest BCUT2D eigenvalue weighted by molar-refractivity contribution is 0.0974. The molecule has 0 atom stereocenters. The Balaban J connectivity index is 0.00000481. The first-order valence-electron chi connectivity index (χ1n) is 18.0. The van der Waals surface area contributed by atoms with Crippen LogP contribution < -0.4 is 11.1 Å². The number of nitrogens with one attached hydrogen (secondary N) is 1. The number of hydrogen-bond acceptors (Lipinski definition) is 8. The van der Waals surface area contributed by atoms with Gasteiger partial charge in [0.2, 0.25) is 11.9 Å². The molecular weight excluding hydrogens is 671 g/mol. The molecule has 14 nitrogen and oxygen atoms in total. The number of carbonyl (C=O) groups excluding carboxylic acids is 3. The van der Waals surface area contributed by atoms with Crippen LogP contribution in [0.2, 0.25) is 0 Å². The molecule has 0 radical (unpaired) electrons. The quantitative estimate of drug-likeness (QED) is 0.247. The van der Waals surface area contributed by atoms with E-state index in [9.17, 15) is 14.4 Å². The molecular formula is C39H49N11O3. The fraction of sp³-hybridized carbons (Fsp3) is 0.410. The lowest BCUT2D eigenvalue weighted by Gasteiger charge is -2.20. The Kier molecular flexibility index (Phi) is 10.9. The highest BCUT2D eigenvalue weighted by Crippen LogP contribution is 2.24. The van der Waals surface area contributed by atoms with Crippen molar-refractivity contribution in [3.63, 3.8) is 0 Å². The predicted molar refractivity (Wildman–Crippen MR) is 205 cm³/mol. The lowest BCUT2D eigenvalue weighted by Crippen LogP contribution is -2.28. The van der Waals surface area contributed by atoms with Gasteiger partial charge in [-0.2, -0.15) is 10.2 Å². The smallest absolute Gasteiger partial charge is 0.276 e. The summed E-state index contributed by atoms with van der Waals surface area (Å²) in [5.74, 6) is 0.288. The third-order valence-corrected chi connectivity index (χ3v) is 9.97. The van der Waals surface area contributed by atoms with Gasteiger partial charge >= 0.3 is 0 Å². The van der Waals surface area contributed by atoms with Crippen molar-refractivity contribution >= 4 is 45.6 Å². The minimum Gasteiger partial charge on any atom is -0.366 e. The molecule has 0 bridgehead atoms. The summed E-state index contributed by atoms with van der Waals surface area (Å²) >= 11 is 0. The number of likely N-dealkylation sites (N-methyl/N-ethyl adjacent to an activating group) is 1. The fourth-order valence-electron chi connectivity index (χ4n) is 7.26. The molecule has 4 aromatic heterocycles. The maximum absolute atomic E-state index is 14.2. The van der Waals surface area contributed by atoms with Gasteiger partial charge in [-0.3, -0.25) is 29.1 Å². The van der Waals surface area contributed by atoms with Crippen LogP contribution >= 0.6 is 0 Å². The number of para-hydroxylation sites is 2. The Morgan fingerprint density at radius 2 is 1.62 bits per heavy atom. The number of rotatable bonds is 2. The Morgan fingerprint density at radius 1 is 0.868 bits per heavy atom. The van der Waals surface area contributed by atoms with Gasteiger partial charge in [-0.25, -0.2) is 9.97 Å². The number of primary amides is 1. The van der Waals surface area contributed by atoms with E-state index in [4.69, 9.17) is 20.8 Å². The van der Waals surface area contributed by atoms with Gasteiger partial charge in [0.05, 0.1) is 39.9 Å². The fourth-order valence-corrected chi connectivity index (χ4v) is 7.26. The highest BCUT2D eigenvalue weighted by atomic mass is 16.2. The number of aryl methyl sites for hydroxylation is 4. The van der Waals surface area contributed by atoms with E-state index < -0.39 is 5.91 Å². The van der Waals surface area contributed by atoms with E-state index >= 15 is 0 Å². The first-order valence-corrected chi connectivity index (χ1v) is 18.0. The number of benzene rings is 2. The number of anilines is 1. The van der Waals surface area contributed by atoms with E-state index in [1.54, 1.807) is 16.8 Å². The summed E-state index contributed by atoms with van der Waals surface area (Å²) < 4.78 is 7.71. The summed E-state index contributed by atoms with van der Waals surface area (Å²) in [4.78, 5) is 51.9. The molecule has 1 aliphatic heterocycles. The third-order valence-electron chi connectivity index (χ3n) is 9.97. The maximum atomic E-state index is 14.2. The molecule has 0 aliphatic carbocycles. The number of hydrogen-bond donors (Lipinski definition) is 2. The average Bonchev–Trinajstić information content (AvgIpc) is 3.86. The Labute approximate surface area is 309 Å². The number of amides is 2. The van der Waals surface area contributed by atoms with Gasteiger partial charge in [0.15, 0.2) is 5.78 Å². The van der Waals surface area contributed by atoms with Crippen LogP contribution in [-0.4, -0.2) is 81.3 Å². The molecule has 0 saturated heterocycles. The number of nitrogens with two attached hydrogens (primary N) is 1. The molecule has 5 heterocycles. The van der Waals surface area contributed by atoms with Gasteiger partial charge < -0.3 is 19.8 Å². The SMILES string of the molecule is C.CCn1nc(C)c2c1C(=O)Cc1nc3cc(C(N)=O)ccc3n1CCN(C)CCn1c(nc3ccccc31)NC(=O)c1cc(C)nn1CCCCC2. The largest absolute Gasteiger partial charge is 0.366 e. The summed E-state index contributed by atoms with van der Waals surface area (Å²) in [6.45, 7) is 9.45. The van der Waals surface area contributed by atoms with Crippen LogP contribution in [0.1, 0.15) is 87.7 Å². The highest BCUT2D eigenvalue weighted by Gasteiger charge is 2.25. The zero-order chi connectivity index (χ0) is 36.5. The van der Waals surface area contributed by atoms with Crippen molar-refractivity contribution in [2.75, 3.05) is 25.5 Å². The number of imidazole rings is 2. The van der Waals surface area contributed by atoms with Crippen molar-refractivity contribution in [3.8, 4) is 0 Å². The first kappa shape index (κ1) is 37.1. The zero-order valence-electron chi connectivity index (χ0n) is 30.2. The molecule has 6 aromatic rings. The molecule has 3 N–H and O–H groups in total. The van der Waals surface area contributed by atoms with Crippen molar-refractivity contribution in [1.29, 1.82) is 0 Å². The second kappa shape index (κ2) is 15.5. The van der Waals surface area contributed by atoms with Crippen molar-refractivity contribution in [2.45, 2.75) is 86.5 Å². The highest BCUT2D eigenvalue weighted by molar-refractivity contribution is 6.03. The van der Waals surface area contributed by atoms with Gasteiger partial charge in [0.1, 0.15) is 17.2 Å². The molecule has 0 fully saturated rings. The number of nitrogens with zero attached hydrogens (tertiary/aromatic N) is 9. The van der Waals surface area contributed by atoms with Gasteiger partial charge in [-0.15, -0.1) is 0 Å². The molecule has 53 heavy (non-hydrogen) atoms. The number of aromatic nitrogens is 8. The van der Waals surface area contributed by atoms with E-state index in [0.717, 1.165) is 52.8 Å². The zero-order valence-corrected chi connectivity index (χ0v) is 30.2. The molecule has 7 rings (SSSR count). The molecule has 278 valence electrons. The van der Waals surface area contributed by atoms with Crippen LogP contribution in [0.3, 0.4) is 0 Å². The van der Waals surface area contributed by atoms with Gasteiger partial charge in [0, 0.05) is 50.4 Å². The van der Waals surface area contributed by atoms with Gasteiger partial charge in [0.25, 0.3) is 5.91 Å². The van der Waals surface area contributed by atoms with E-state index in [1.807, 2.05) is 73.5 Å². The van der Waals surface area contributed by atoms with E-state index in [2.05, 4.69) is 19.9 Å². The van der Waals surface area contributed by atoms with Crippen LogP contribution in [0.15, 0.2) is 48.5 Å². The van der Waals surface area contributed by atoms with Crippen molar-refractivity contribution in [1.82, 2.24) is 43.6 Å². The Morgan fingerprint density at radius 3 is 2.40 bits per heavy atom. The topological polar surface area (TPSA) is 164 Å². The van der Waals surface area contributed by atoms with E-state index in [-0.39, 0.29) is 25.5 Å². The van der Waals surface area contributed by atoms with E-state index in [1.165, 1.54) is 0 Å². The molecule has 0 spiro atoms. The minimum atomic E-state index is -0.529. The van der Waals surface area contributed by atoms with Crippen LogP contribution in [0.25, 0.3) is 22.1 Å². The van der Waals surface area contributed by atoms with Gasteiger partial charge in [-0.05, 0) is 83.5 Å². The number of Topliss-reactive ketones (excluding diaryl/α,β-unsaturated/α-hetero) is 1. The van der Waals surface area contributed by atoms with Crippen LogP contribution in [0, 0.1) is 13.8 Å². The second-order valence-corrected chi connectivity index (χ2v) is 13.6. The molecule has 14 heteroatoms. The summed E-state index contributed by atoms with van der Waals surface area (Å²) in [5.41, 5.74) is 12.9. The molecule has 2 amide bonds. The lowest BCUT2D eigenvalue weighted by atomic mass is 10.0. The normalized spacial score (nSPS) is 15.4. The summed E-state index contributed by atoms with van der Waals surface area (Å²) in [6.07, 6.45) is 3.34. The predicted octanol–water partition coefficient (Wildman–Crippen LogP) is 5.19. The van der Waals surface area contributed by atoms with Crippen molar-refractivity contribution < 1.29 is 14.4 Å². The summed E-state index contributed by atoms with van der Waals surface area (Å²) in [6, 6.07) is 14.9. The average molecular weight is 720 g/mol. The molecule has 2 aromatic carbocycles. The summed E-state index contributed by atoms with van der Waals surface area (Å²) in [5, 5.41) is 12.5. The number of carbonyl (C=O) groups is 3. The maximum Gasteiger partial charge on any atom is 0.276 e. The molecule has 1 aliphatic rings. The monoisotopic (exact) mass is 719 g/mol. The summed E-state index contributed by atoms with van der Waals surface area (Å²) in [7, 11) is 2.04. The molecule has 0 unspecified atom stereocenters. The third kappa shape index (κ3) is 7.49. The Hall–Kier alpha value is -5.63. The number of fused-ring (bicyclic) bond motifs is 8. The first-order chi connectivity index (χ1) is 25.1. The van der Waals surface area contributed by atoms with Crippen molar-refractivity contribution in [2.24, 2.45) is 5.73 Å². The van der Waals surface area contributed by atoms with Crippen LogP contribution in [0.4, 0.5) is 5.95 Å². The van der Waals surface area contributed by atoms with Gasteiger partial charge in [-0.1, -0.05) is 26.0 Å². The molecule has 0 saturated carbocycles. The minimum absolute atomic E-state index is 0. The van der Waals surface area contributed by atoms with E-state index in [0.29, 0.717) is 79.9 Å². The standard InChI is InChI=1S/C38H45N11O3.CH4/c1-5-48-35-27(25(3)44-48)11-7-6-10-16-49-32(21-24(2)43-49)37(52)42-38-41-28-12-8-9-13-30(28)47(38)20-18-45(4)17-19-46-31-15-14-26(36(39)51)22-29(31)40-34(46)23-33(35)50;/h8-9,12-15,21-22H,5-7,10-11,16-20,23H2,1-4H3,(H2,39,51)(H,41,42,52);1H4. The van der Waals surface area contributed by atoms with Crippen LogP contribution in [-0.2, 0) is 39.0 Å². The van der Waals surface area contributed by atoms with Crippen LogP contribution in [0.5, 0.6) is 0 Å².